The first-order valence-corrected chi connectivity index (χ1v) is 8.19. The highest BCUT2D eigenvalue weighted by Gasteiger charge is 2.17. The molecule has 0 bridgehead atoms. The minimum Gasteiger partial charge on any atom is -0.275 e. The Hall–Kier alpha value is -0.920. The molecule has 2 aromatic rings. The third kappa shape index (κ3) is 3.34. The van der Waals surface area contributed by atoms with Gasteiger partial charge < -0.3 is 0 Å². The smallest absolute Gasteiger partial charge is 0.262 e. The zero-order chi connectivity index (χ0) is 14.0. The van der Waals surface area contributed by atoms with Gasteiger partial charge in [0.25, 0.3) is 10.0 Å². The van der Waals surface area contributed by atoms with E-state index >= 15 is 0 Å². The van der Waals surface area contributed by atoms with Crippen LogP contribution in [-0.4, -0.2) is 8.42 Å². The molecule has 0 unspecified atom stereocenters. The van der Waals surface area contributed by atoms with Crippen LogP contribution in [0.1, 0.15) is 0 Å². The van der Waals surface area contributed by atoms with Gasteiger partial charge >= 0.3 is 0 Å². The summed E-state index contributed by atoms with van der Waals surface area (Å²) in [7, 11) is -3.82. The highest BCUT2D eigenvalue weighted by atomic mass is 79.9. The van der Waals surface area contributed by atoms with Crippen LogP contribution in [0.3, 0.4) is 0 Å². The maximum absolute atomic E-state index is 13.6. The van der Waals surface area contributed by atoms with Gasteiger partial charge in [-0.2, -0.15) is 0 Å². The minimum atomic E-state index is -3.82. The van der Waals surface area contributed by atoms with E-state index in [1.807, 2.05) is 0 Å². The molecule has 0 saturated heterocycles. The molecule has 0 atom stereocenters. The van der Waals surface area contributed by atoms with Gasteiger partial charge in [-0.05, 0) is 52.3 Å². The first kappa shape index (κ1) is 14.5. The zero-order valence-electron chi connectivity index (χ0n) is 9.40. The molecule has 19 heavy (non-hydrogen) atoms. The fourth-order valence-corrected chi connectivity index (χ4v) is 3.33. The molecule has 100 valence electrons. The van der Waals surface area contributed by atoms with Crippen molar-refractivity contribution in [2.24, 2.45) is 0 Å². The van der Waals surface area contributed by atoms with Gasteiger partial charge in [-0.3, -0.25) is 4.72 Å². The first-order valence-electron chi connectivity index (χ1n) is 5.12. The number of halogens is 3. The summed E-state index contributed by atoms with van der Waals surface area (Å²) in [6.07, 6.45) is 0. The van der Waals surface area contributed by atoms with Gasteiger partial charge in [-0.1, -0.05) is 22.0 Å². The summed E-state index contributed by atoms with van der Waals surface area (Å²) in [5.74, 6) is -0.643. The van der Waals surface area contributed by atoms with Crippen LogP contribution < -0.4 is 4.72 Å². The molecular formula is C12H8Br2FNO2S. The fourth-order valence-electron chi connectivity index (χ4n) is 1.40. The molecule has 3 nitrogen and oxygen atoms in total. The van der Waals surface area contributed by atoms with Crippen molar-refractivity contribution in [3.8, 4) is 0 Å². The van der Waals surface area contributed by atoms with Gasteiger partial charge in [-0.15, -0.1) is 0 Å². The van der Waals surface area contributed by atoms with Crippen molar-refractivity contribution >= 4 is 47.6 Å². The van der Waals surface area contributed by atoms with E-state index in [-0.39, 0.29) is 10.6 Å². The number of sulfonamides is 1. The molecule has 0 aromatic heterocycles. The second kappa shape index (κ2) is 5.60. The van der Waals surface area contributed by atoms with Crippen LogP contribution in [0.15, 0.2) is 56.3 Å². The van der Waals surface area contributed by atoms with E-state index in [2.05, 4.69) is 36.6 Å². The summed E-state index contributed by atoms with van der Waals surface area (Å²) in [5.41, 5.74) is -0.106. The van der Waals surface area contributed by atoms with E-state index in [1.54, 1.807) is 18.2 Å². The Balaban J connectivity index is 2.39. The van der Waals surface area contributed by atoms with Gasteiger partial charge in [0.15, 0.2) is 0 Å². The predicted molar refractivity (Wildman–Crippen MR) is 79.1 cm³/mol. The van der Waals surface area contributed by atoms with Gasteiger partial charge in [0.2, 0.25) is 0 Å². The normalized spacial score (nSPS) is 11.3. The molecule has 7 heteroatoms. The summed E-state index contributed by atoms with van der Waals surface area (Å²) in [6, 6.07) is 10.3. The van der Waals surface area contributed by atoms with Crippen molar-refractivity contribution in [2.45, 2.75) is 4.90 Å². The molecule has 0 heterocycles. The number of para-hydroxylation sites is 1. The molecule has 0 aliphatic rings. The number of anilines is 1. The third-order valence-electron chi connectivity index (χ3n) is 2.32. The van der Waals surface area contributed by atoms with Crippen LogP contribution in [0.5, 0.6) is 0 Å². The molecule has 0 radical (unpaired) electrons. The van der Waals surface area contributed by atoms with Gasteiger partial charge in [0.05, 0.1) is 10.6 Å². The van der Waals surface area contributed by atoms with Crippen molar-refractivity contribution in [2.75, 3.05) is 4.72 Å². The Labute approximate surface area is 127 Å². The lowest BCUT2D eigenvalue weighted by atomic mass is 10.3. The lowest BCUT2D eigenvalue weighted by molar-refractivity contribution is 0.598. The third-order valence-corrected chi connectivity index (χ3v) is 4.88. The maximum Gasteiger partial charge on any atom is 0.262 e. The Bertz CT molecular complexity index is 682. The number of hydrogen-bond acceptors (Lipinski definition) is 2. The lowest BCUT2D eigenvalue weighted by Crippen LogP contribution is -2.14. The Kier molecular flexibility index (Phi) is 4.27. The average Bonchev–Trinajstić information content (AvgIpc) is 2.35. The van der Waals surface area contributed by atoms with Crippen LogP contribution in [0, 0.1) is 5.82 Å². The monoisotopic (exact) mass is 407 g/mol. The van der Waals surface area contributed by atoms with Crippen molar-refractivity contribution < 1.29 is 12.8 Å². The fraction of sp³-hybridized carbons (Fsp3) is 0. The number of nitrogens with one attached hydrogen (secondary N) is 1. The lowest BCUT2D eigenvalue weighted by Gasteiger charge is -2.10. The molecule has 0 aliphatic heterocycles. The number of hydrogen-bond donors (Lipinski definition) is 1. The molecule has 0 amide bonds. The summed E-state index contributed by atoms with van der Waals surface area (Å²) in [4.78, 5) is 0.0610. The summed E-state index contributed by atoms with van der Waals surface area (Å²) < 4.78 is 41.1. The van der Waals surface area contributed by atoms with Crippen LogP contribution in [0.25, 0.3) is 0 Å². The van der Waals surface area contributed by atoms with Crippen molar-refractivity contribution in [3.63, 3.8) is 0 Å². The second-order valence-electron chi connectivity index (χ2n) is 3.66. The number of benzene rings is 2. The van der Waals surface area contributed by atoms with Crippen molar-refractivity contribution in [3.05, 3.63) is 57.2 Å². The number of rotatable bonds is 3. The zero-order valence-corrected chi connectivity index (χ0v) is 13.4. The summed E-state index contributed by atoms with van der Waals surface area (Å²) in [5, 5.41) is 0. The standard InChI is InChI=1S/C12H8Br2FNO2S/c13-8-4-6-9(7-5-8)19(17,18)16-12-10(14)2-1-3-11(12)15/h1-7,16H. The van der Waals surface area contributed by atoms with Crippen LogP contribution in [0.4, 0.5) is 10.1 Å². The summed E-state index contributed by atoms with van der Waals surface area (Å²) >= 11 is 6.33. The highest BCUT2D eigenvalue weighted by molar-refractivity contribution is 9.10. The molecule has 0 aliphatic carbocycles. The van der Waals surface area contributed by atoms with E-state index in [4.69, 9.17) is 0 Å². The van der Waals surface area contributed by atoms with E-state index in [0.29, 0.717) is 4.47 Å². The minimum absolute atomic E-state index is 0.0610. The highest BCUT2D eigenvalue weighted by Crippen LogP contribution is 2.28. The van der Waals surface area contributed by atoms with Crippen molar-refractivity contribution in [1.82, 2.24) is 0 Å². The Morgan fingerprint density at radius 1 is 1.00 bits per heavy atom. The van der Waals surface area contributed by atoms with E-state index < -0.39 is 15.8 Å². The van der Waals surface area contributed by atoms with Gasteiger partial charge in [0, 0.05) is 8.95 Å². The SMILES string of the molecule is O=S(=O)(Nc1c(F)cccc1Br)c1ccc(Br)cc1. The van der Waals surface area contributed by atoms with Crippen LogP contribution in [-0.2, 0) is 10.0 Å². The largest absolute Gasteiger partial charge is 0.275 e. The molecule has 0 spiro atoms. The Morgan fingerprint density at radius 2 is 1.63 bits per heavy atom. The van der Waals surface area contributed by atoms with E-state index in [1.165, 1.54) is 24.3 Å². The molecular weight excluding hydrogens is 401 g/mol. The van der Waals surface area contributed by atoms with E-state index in [9.17, 15) is 12.8 Å². The molecule has 0 saturated carbocycles. The van der Waals surface area contributed by atoms with Crippen molar-refractivity contribution in [1.29, 1.82) is 0 Å². The Morgan fingerprint density at radius 3 is 2.21 bits per heavy atom. The average molecular weight is 409 g/mol. The predicted octanol–water partition coefficient (Wildman–Crippen LogP) is 4.15. The van der Waals surface area contributed by atoms with Gasteiger partial charge in [0.1, 0.15) is 5.82 Å². The van der Waals surface area contributed by atoms with E-state index in [0.717, 1.165) is 4.47 Å². The molecule has 1 N–H and O–H groups in total. The molecule has 2 aromatic carbocycles. The summed E-state index contributed by atoms with van der Waals surface area (Å²) in [6.45, 7) is 0. The maximum atomic E-state index is 13.6. The topological polar surface area (TPSA) is 46.2 Å². The molecule has 2 rings (SSSR count). The molecule has 0 fully saturated rings. The van der Waals surface area contributed by atoms with Gasteiger partial charge in [-0.25, -0.2) is 12.8 Å². The van der Waals surface area contributed by atoms with Crippen LogP contribution >= 0.6 is 31.9 Å². The second-order valence-corrected chi connectivity index (χ2v) is 7.11. The van der Waals surface area contributed by atoms with Crippen LogP contribution in [0.2, 0.25) is 0 Å². The quantitative estimate of drug-likeness (QED) is 0.828. The first-order chi connectivity index (χ1) is 8.90.